The third-order valence-corrected chi connectivity index (χ3v) is 4.87. The van der Waals surface area contributed by atoms with E-state index >= 15 is 0 Å². The van der Waals surface area contributed by atoms with Gasteiger partial charge in [-0.3, -0.25) is 9.69 Å². The van der Waals surface area contributed by atoms with Crippen LogP contribution in [0.15, 0.2) is 0 Å². The van der Waals surface area contributed by atoms with Gasteiger partial charge in [0.15, 0.2) is 0 Å². The average molecular weight is 432 g/mol. The molecule has 1 amide bonds. The van der Waals surface area contributed by atoms with Gasteiger partial charge in [-0.1, -0.05) is 27.7 Å². The molecule has 4 fully saturated rings. The lowest BCUT2D eigenvalue weighted by atomic mass is 10.3. The Hall–Kier alpha value is -0.730. The van der Waals surface area contributed by atoms with Crippen molar-refractivity contribution in [2.45, 2.75) is 47.0 Å². The fourth-order valence-corrected chi connectivity index (χ4v) is 2.77. The van der Waals surface area contributed by atoms with E-state index in [2.05, 4.69) is 41.2 Å². The second-order valence-corrected chi connectivity index (χ2v) is 7.67. The summed E-state index contributed by atoms with van der Waals surface area (Å²) in [5.41, 5.74) is 0. The van der Waals surface area contributed by atoms with Crippen LogP contribution < -0.4 is 5.32 Å². The van der Waals surface area contributed by atoms with Gasteiger partial charge in [0.25, 0.3) is 0 Å². The highest BCUT2D eigenvalue weighted by Crippen LogP contribution is 2.02. The van der Waals surface area contributed by atoms with E-state index in [9.17, 15) is 4.79 Å². The van der Waals surface area contributed by atoms with Crippen LogP contribution in [-0.2, 0) is 9.53 Å². The molecule has 7 heteroatoms. The molecule has 0 aliphatic carbocycles. The number of likely N-dealkylation sites (tertiary alicyclic amines) is 2. The van der Waals surface area contributed by atoms with E-state index in [-0.39, 0.29) is 5.91 Å². The zero-order valence-corrected chi connectivity index (χ0v) is 21.5. The van der Waals surface area contributed by atoms with Gasteiger partial charge in [-0.15, -0.1) is 0 Å². The minimum absolute atomic E-state index is 0.138. The summed E-state index contributed by atoms with van der Waals surface area (Å²) in [5.74, 6) is 0.138. The predicted octanol–water partition coefficient (Wildman–Crippen LogP) is 2.08. The lowest BCUT2D eigenvalue weighted by molar-refractivity contribution is -0.123. The summed E-state index contributed by atoms with van der Waals surface area (Å²) in [5, 5.41) is 2.73. The molecule has 7 nitrogen and oxygen atoms in total. The van der Waals surface area contributed by atoms with Crippen molar-refractivity contribution in [3.05, 3.63) is 0 Å². The molecular formula is C23H53N5O2. The summed E-state index contributed by atoms with van der Waals surface area (Å²) in [4.78, 5) is 19.5. The Morgan fingerprint density at radius 3 is 1.27 bits per heavy atom. The van der Waals surface area contributed by atoms with Crippen LogP contribution in [0, 0.1) is 0 Å². The van der Waals surface area contributed by atoms with E-state index in [1.165, 1.54) is 45.4 Å². The number of likely N-dealkylation sites (N-methyl/N-ethyl adjacent to an activating group) is 2. The number of nitrogens with zero attached hydrogens (tertiary/aromatic N) is 4. The van der Waals surface area contributed by atoms with Crippen LogP contribution in [0.4, 0.5) is 0 Å². The lowest BCUT2D eigenvalue weighted by Crippen LogP contribution is -2.45. The maximum Gasteiger partial charge on any atom is 0.234 e. The first-order valence-electron chi connectivity index (χ1n) is 12.1. The standard InChI is InChI=1S/C5H10N2O.C5H11NO.C5H11N.C4H9N.2C2H6/c1-7-3-2-6-5(8)4-7;1-6-2-4-7-5-3-6;1-6-4-2-3-5-6;1-5-3-2-4-5;2*1-2/h2-4H2,1H3,(H,6,8);2-5H2,1H3;2-5H2,1H3;2-4H2,1H3;2*1-2H3. The van der Waals surface area contributed by atoms with Crippen molar-refractivity contribution in [3.63, 3.8) is 0 Å². The smallest absolute Gasteiger partial charge is 0.234 e. The Morgan fingerprint density at radius 2 is 1.07 bits per heavy atom. The van der Waals surface area contributed by atoms with Crippen LogP contribution in [0.25, 0.3) is 0 Å². The van der Waals surface area contributed by atoms with Crippen molar-refractivity contribution in [1.82, 2.24) is 24.9 Å². The second-order valence-electron chi connectivity index (χ2n) is 7.67. The van der Waals surface area contributed by atoms with Gasteiger partial charge in [-0.05, 0) is 73.6 Å². The maximum absolute atomic E-state index is 10.5. The van der Waals surface area contributed by atoms with Crippen molar-refractivity contribution < 1.29 is 9.53 Å². The monoisotopic (exact) mass is 431 g/mol. The van der Waals surface area contributed by atoms with Gasteiger partial charge in [-0.25, -0.2) is 0 Å². The van der Waals surface area contributed by atoms with Crippen LogP contribution in [0.3, 0.4) is 0 Å². The number of ether oxygens (including phenoxy) is 1. The third kappa shape index (κ3) is 20.5. The number of hydrogen-bond acceptors (Lipinski definition) is 6. The fourth-order valence-electron chi connectivity index (χ4n) is 2.77. The molecule has 30 heavy (non-hydrogen) atoms. The van der Waals surface area contributed by atoms with E-state index in [1.54, 1.807) is 0 Å². The lowest BCUT2D eigenvalue weighted by Gasteiger charge is -2.24. The van der Waals surface area contributed by atoms with Crippen LogP contribution in [0.5, 0.6) is 0 Å². The molecule has 0 aromatic rings. The molecule has 0 atom stereocenters. The molecule has 4 saturated heterocycles. The normalized spacial score (nSPS) is 21.8. The van der Waals surface area contributed by atoms with E-state index in [1.807, 2.05) is 39.6 Å². The molecule has 1 N–H and O–H groups in total. The summed E-state index contributed by atoms with van der Waals surface area (Å²) in [6, 6.07) is 0. The number of nitrogens with one attached hydrogen (secondary N) is 1. The minimum atomic E-state index is 0.138. The van der Waals surface area contributed by atoms with Crippen molar-refractivity contribution >= 4 is 5.91 Å². The molecular weight excluding hydrogens is 378 g/mol. The first-order chi connectivity index (χ1) is 14.5. The highest BCUT2D eigenvalue weighted by Gasteiger charge is 2.10. The summed E-state index contributed by atoms with van der Waals surface area (Å²) < 4.78 is 5.10. The van der Waals surface area contributed by atoms with Crippen molar-refractivity contribution in [3.8, 4) is 0 Å². The summed E-state index contributed by atoms with van der Waals surface area (Å²) >= 11 is 0. The predicted molar refractivity (Wildman–Crippen MR) is 130 cm³/mol. The number of carbonyl (C=O) groups is 1. The molecule has 4 rings (SSSR count). The molecule has 0 radical (unpaired) electrons. The molecule has 0 aromatic carbocycles. The van der Waals surface area contributed by atoms with E-state index in [4.69, 9.17) is 4.74 Å². The second kappa shape index (κ2) is 22.9. The number of rotatable bonds is 0. The van der Waals surface area contributed by atoms with Gasteiger partial charge in [0.2, 0.25) is 5.91 Å². The number of morpholine rings is 1. The Labute approximate surface area is 188 Å². The van der Waals surface area contributed by atoms with E-state index in [0.29, 0.717) is 6.54 Å². The van der Waals surface area contributed by atoms with Crippen molar-refractivity contribution in [2.75, 3.05) is 100 Å². The van der Waals surface area contributed by atoms with Gasteiger partial charge in [0.1, 0.15) is 0 Å². The number of amides is 1. The maximum atomic E-state index is 10.5. The van der Waals surface area contributed by atoms with E-state index < -0.39 is 0 Å². The molecule has 0 spiro atoms. The number of carbonyl (C=O) groups excluding carboxylic acids is 1. The molecule has 0 saturated carbocycles. The average Bonchev–Trinajstić information content (AvgIpc) is 3.22. The highest BCUT2D eigenvalue weighted by atomic mass is 16.5. The third-order valence-electron chi connectivity index (χ3n) is 4.87. The van der Waals surface area contributed by atoms with Crippen molar-refractivity contribution in [2.24, 2.45) is 0 Å². The molecule has 4 heterocycles. The van der Waals surface area contributed by atoms with Crippen LogP contribution in [0.1, 0.15) is 47.0 Å². The molecule has 182 valence electrons. The van der Waals surface area contributed by atoms with Gasteiger partial charge in [0, 0.05) is 26.2 Å². The first kappa shape index (κ1) is 31.5. The Kier molecular flexibility index (Phi) is 24.1. The van der Waals surface area contributed by atoms with Crippen LogP contribution >= 0.6 is 0 Å². The Bertz CT molecular complexity index is 356. The molecule has 4 aliphatic heterocycles. The molecule has 4 aliphatic rings. The molecule has 0 unspecified atom stereocenters. The van der Waals surface area contributed by atoms with Crippen LogP contribution in [-0.4, -0.2) is 126 Å². The fraction of sp³-hybridized carbons (Fsp3) is 0.957. The van der Waals surface area contributed by atoms with Gasteiger partial charge in [-0.2, -0.15) is 0 Å². The quantitative estimate of drug-likeness (QED) is 0.634. The first-order valence-corrected chi connectivity index (χ1v) is 12.1. The zero-order valence-electron chi connectivity index (χ0n) is 21.5. The topological polar surface area (TPSA) is 51.3 Å². The van der Waals surface area contributed by atoms with Gasteiger partial charge < -0.3 is 24.8 Å². The zero-order chi connectivity index (χ0) is 23.2. The SMILES string of the molecule is CC.CC.CN1CCC1.CN1CCCC1.CN1CCNC(=O)C1.CN1CCOCC1. The van der Waals surface area contributed by atoms with Gasteiger partial charge >= 0.3 is 0 Å². The molecule has 0 aromatic heterocycles. The number of hydrogen-bond donors (Lipinski definition) is 1. The highest BCUT2D eigenvalue weighted by molar-refractivity contribution is 5.78. The Balaban J connectivity index is 0. The molecule has 0 bridgehead atoms. The van der Waals surface area contributed by atoms with Gasteiger partial charge in [0.05, 0.1) is 19.8 Å². The largest absolute Gasteiger partial charge is 0.379 e. The van der Waals surface area contributed by atoms with Crippen molar-refractivity contribution in [1.29, 1.82) is 0 Å². The van der Waals surface area contributed by atoms with E-state index in [0.717, 1.165) is 39.4 Å². The Morgan fingerprint density at radius 1 is 0.633 bits per heavy atom. The minimum Gasteiger partial charge on any atom is -0.379 e. The van der Waals surface area contributed by atoms with Crippen LogP contribution in [0.2, 0.25) is 0 Å². The summed E-state index contributed by atoms with van der Waals surface area (Å²) in [6.07, 6.45) is 4.24. The summed E-state index contributed by atoms with van der Waals surface area (Å²) in [6.45, 7) is 19.6. The number of piperazine rings is 1. The summed E-state index contributed by atoms with van der Waals surface area (Å²) in [7, 11) is 8.37.